The summed E-state index contributed by atoms with van der Waals surface area (Å²) in [5.41, 5.74) is 5.70. The van der Waals surface area contributed by atoms with Crippen LogP contribution < -0.4 is 15.8 Å². The van der Waals surface area contributed by atoms with Gasteiger partial charge in [-0.3, -0.25) is 9.69 Å². The zero-order valence-corrected chi connectivity index (χ0v) is 17.9. The molecule has 0 unspecified atom stereocenters. The van der Waals surface area contributed by atoms with Gasteiger partial charge in [-0.1, -0.05) is 12.1 Å². The molecule has 5 rings (SSSR count). The van der Waals surface area contributed by atoms with Crippen LogP contribution in [0.1, 0.15) is 28.7 Å². The SMILES string of the molecule is Cc1cccnc1N1CCN(Cc2cc(CO)c3c4c(c(=O)[nH]c3c2)CCCN4)CC1. The summed E-state index contributed by atoms with van der Waals surface area (Å²) in [6.07, 6.45) is 3.59. The van der Waals surface area contributed by atoms with Crippen LogP contribution in [-0.2, 0) is 19.6 Å². The smallest absolute Gasteiger partial charge is 0.253 e. The summed E-state index contributed by atoms with van der Waals surface area (Å²) >= 11 is 0. The first-order valence-corrected chi connectivity index (χ1v) is 11.1. The molecule has 7 nitrogen and oxygen atoms in total. The summed E-state index contributed by atoms with van der Waals surface area (Å²) in [4.78, 5) is 25.0. The summed E-state index contributed by atoms with van der Waals surface area (Å²) in [5, 5.41) is 14.4. The van der Waals surface area contributed by atoms with Crippen LogP contribution >= 0.6 is 0 Å². The molecular weight excluding hydrogens is 390 g/mol. The average molecular weight is 420 g/mol. The number of hydrogen-bond acceptors (Lipinski definition) is 6. The Labute approximate surface area is 181 Å². The number of nitrogens with zero attached hydrogens (tertiary/aromatic N) is 3. The van der Waals surface area contributed by atoms with E-state index in [-0.39, 0.29) is 12.2 Å². The van der Waals surface area contributed by atoms with E-state index >= 15 is 0 Å². The third-order valence-electron chi connectivity index (χ3n) is 6.49. The third kappa shape index (κ3) is 3.79. The Hall–Kier alpha value is -2.90. The quantitative estimate of drug-likeness (QED) is 0.602. The number of piperazine rings is 1. The number of aromatic nitrogens is 2. The van der Waals surface area contributed by atoms with Crippen molar-refractivity contribution < 1.29 is 5.11 Å². The third-order valence-corrected chi connectivity index (χ3v) is 6.49. The summed E-state index contributed by atoms with van der Waals surface area (Å²) in [6.45, 7) is 7.49. The van der Waals surface area contributed by atoms with Gasteiger partial charge in [0.25, 0.3) is 5.56 Å². The fraction of sp³-hybridized carbons (Fsp3) is 0.417. The average Bonchev–Trinajstić information content (AvgIpc) is 2.79. The highest BCUT2D eigenvalue weighted by Gasteiger charge is 2.22. The number of hydrogen-bond donors (Lipinski definition) is 3. The normalized spacial score (nSPS) is 16.9. The van der Waals surface area contributed by atoms with Crippen molar-refractivity contribution in [1.82, 2.24) is 14.9 Å². The molecule has 2 aromatic heterocycles. The second kappa shape index (κ2) is 8.32. The predicted molar refractivity (Wildman–Crippen MR) is 124 cm³/mol. The number of aliphatic hydroxyl groups is 1. The molecular formula is C24H29N5O2. The van der Waals surface area contributed by atoms with E-state index in [2.05, 4.69) is 50.2 Å². The Morgan fingerprint density at radius 1 is 1.19 bits per heavy atom. The molecule has 7 heteroatoms. The Bertz CT molecular complexity index is 1160. The molecule has 0 aliphatic carbocycles. The fourth-order valence-electron chi connectivity index (χ4n) is 4.94. The number of aromatic amines is 1. The van der Waals surface area contributed by atoms with Crippen molar-refractivity contribution in [3.63, 3.8) is 0 Å². The molecule has 4 heterocycles. The Morgan fingerprint density at radius 3 is 2.81 bits per heavy atom. The first-order chi connectivity index (χ1) is 15.1. The van der Waals surface area contributed by atoms with Gasteiger partial charge >= 0.3 is 0 Å². The van der Waals surface area contributed by atoms with Crippen molar-refractivity contribution in [3.8, 4) is 0 Å². The van der Waals surface area contributed by atoms with Crippen molar-refractivity contribution >= 4 is 22.4 Å². The molecule has 3 N–H and O–H groups in total. The second-order valence-corrected chi connectivity index (χ2v) is 8.58. The minimum absolute atomic E-state index is 0.0184. The molecule has 0 amide bonds. The molecule has 1 fully saturated rings. The Kier molecular flexibility index (Phi) is 5.38. The van der Waals surface area contributed by atoms with Crippen LogP contribution in [-0.4, -0.2) is 52.7 Å². The van der Waals surface area contributed by atoms with Crippen LogP contribution in [0.2, 0.25) is 0 Å². The van der Waals surface area contributed by atoms with E-state index in [0.717, 1.165) is 91.2 Å². The largest absolute Gasteiger partial charge is 0.392 e. The lowest BCUT2D eigenvalue weighted by molar-refractivity contribution is 0.248. The zero-order chi connectivity index (χ0) is 21.4. The van der Waals surface area contributed by atoms with Crippen LogP contribution in [0.25, 0.3) is 10.9 Å². The van der Waals surface area contributed by atoms with E-state index in [9.17, 15) is 9.90 Å². The van der Waals surface area contributed by atoms with E-state index in [4.69, 9.17) is 0 Å². The van der Waals surface area contributed by atoms with E-state index in [1.165, 1.54) is 5.56 Å². The summed E-state index contributed by atoms with van der Waals surface area (Å²) in [6, 6.07) is 8.24. The number of aryl methyl sites for hydroxylation is 1. The molecule has 2 aliphatic rings. The van der Waals surface area contributed by atoms with Crippen molar-refractivity contribution in [2.45, 2.75) is 32.9 Å². The highest BCUT2D eigenvalue weighted by Crippen LogP contribution is 2.31. The molecule has 0 radical (unpaired) electrons. The second-order valence-electron chi connectivity index (χ2n) is 8.58. The van der Waals surface area contributed by atoms with E-state index in [0.29, 0.717) is 0 Å². The number of anilines is 2. The van der Waals surface area contributed by atoms with Gasteiger partial charge in [-0.05, 0) is 48.6 Å². The van der Waals surface area contributed by atoms with Crippen molar-refractivity contribution in [3.05, 3.63) is 63.1 Å². The molecule has 1 aromatic carbocycles. The van der Waals surface area contributed by atoms with Crippen LogP contribution in [0, 0.1) is 6.92 Å². The zero-order valence-electron chi connectivity index (χ0n) is 17.9. The van der Waals surface area contributed by atoms with Gasteiger partial charge in [0.15, 0.2) is 0 Å². The fourth-order valence-corrected chi connectivity index (χ4v) is 4.94. The maximum atomic E-state index is 12.6. The standard InChI is InChI=1S/C24H29N5O2/c1-16-4-2-7-26-23(16)29-10-8-28(9-11-29)14-17-12-18(15-30)21-20(13-17)27-24(31)19-5-3-6-25-22(19)21/h2,4,7,12-13,25,30H,3,5-6,8-11,14-15H2,1H3,(H,27,31). The van der Waals surface area contributed by atoms with Gasteiger partial charge in [0.2, 0.25) is 0 Å². The van der Waals surface area contributed by atoms with Crippen LogP contribution in [0.15, 0.2) is 35.3 Å². The first-order valence-electron chi connectivity index (χ1n) is 11.1. The summed E-state index contributed by atoms with van der Waals surface area (Å²) in [7, 11) is 0. The van der Waals surface area contributed by atoms with Crippen LogP contribution in [0.3, 0.4) is 0 Å². The summed E-state index contributed by atoms with van der Waals surface area (Å²) in [5.74, 6) is 1.07. The van der Waals surface area contributed by atoms with Crippen molar-refractivity contribution in [1.29, 1.82) is 0 Å². The lowest BCUT2D eigenvalue weighted by Crippen LogP contribution is -2.46. The molecule has 0 spiro atoms. The van der Waals surface area contributed by atoms with Gasteiger partial charge in [0.05, 0.1) is 17.8 Å². The maximum absolute atomic E-state index is 12.6. The number of fused-ring (bicyclic) bond motifs is 3. The van der Waals surface area contributed by atoms with Gasteiger partial charge in [0.1, 0.15) is 5.82 Å². The molecule has 31 heavy (non-hydrogen) atoms. The minimum atomic E-state index is -0.0444. The van der Waals surface area contributed by atoms with Gasteiger partial charge in [-0.2, -0.15) is 0 Å². The lowest BCUT2D eigenvalue weighted by atomic mass is 9.96. The minimum Gasteiger partial charge on any atom is -0.392 e. The number of rotatable bonds is 4. The molecule has 3 aromatic rings. The van der Waals surface area contributed by atoms with Gasteiger partial charge in [-0.25, -0.2) is 4.98 Å². The van der Waals surface area contributed by atoms with Gasteiger partial charge in [0, 0.05) is 56.4 Å². The van der Waals surface area contributed by atoms with E-state index in [1.54, 1.807) is 0 Å². The highest BCUT2D eigenvalue weighted by atomic mass is 16.3. The monoisotopic (exact) mass is 419 g/mol. The molecule has 0 bridgehead atoms. The van der Waals surface area contributed by atoms with Crippen molar-refractivity contribution in [2.75, 3.05) is 42.9 Å². The van der Waals surface area contributed by atoms with E-state index in [1.807, 2.05) is 12.3 Å². The topological polar surface area (TPSA) is 84.5 Å². The number of nitrogens with one attached hydrogen (secondary N) is 2. The summed E-state index contributed by atoms with van der Waals surface area (Å²) < 4.78 is 0. The Morgan fingerprint density at radius 2 is 2.03 bits per heavy atom. The molecule has 0 atom stereocenters. The molecule has 0 saturated carbocycles. The number of aliphatic hydroxyl groups excluding tert-OH is 1. The lowest BCUT2D eigenvalue weighted by Gasteiger charge is -2.36. The van der Waals surface area contributed by atoms with Gasteiger partial charge in [-0.15, -0.1) is 0 Å². The van der Waals surface area contributed by atoms with E-state index < -0.39 is 0 Å². The van der Waals surface area contributed by atoms with Crippen LogP contribution in [0.5, 0.6) is 0 Å². The number of H-pyrrole nitrogens is 1. The van der Waals surface area contributed by atoms with Gasteiger partial charge < -0.3 is 20.3 Å². The molecule has 162 valence electrons. The Balaban J connectivity index is 1.38. The number of pyridine rings is 2. The maximum Gasteiger partial charge on any atom is 0.253 e. The number of benzene rings is 1. The van der Waals surface area contributed by atoms with Crippen molar-refractivity contribution in [2.24, 2.45) is 0 Å². The predicted octanol–water partition coefficient (Wildman–Crippen LogP) is 2.40. The molecule has 1 saturated heterocycles. The molecule has 2 aliphatic heterocycles. The first kappa shape index (κ1) is 20.0. The highest BCUT2D eigenvalue weighted by molar-refractivity contribution is 5.96. The van der Waals surface area contributed by atoms with Crippen LogP contribution in [0.4, 0.5) is 11.5 Å².